The lowest BCUT2D eigenvalue weighted by molar-refractivity contribution is 0.241. The minimum Gasteiger partial charge on any atom is -0.489 e. The van der Waals surface area contributed by atoms with Crippen molar-refractivity contribution in [2.75, 3.05) is 5.73 Å². The molecule has 0 atom stereocenters. The van der Waals surface area contributed by atoms with Crippen LogP contribution in [-0.4, -0.2) is 11.1 Å². The molecule has 1 heterocycles. The summed E-state index contributed by atoms with van der Waals surface area (Å²) in [6.45, 7) is 6.06. The van der Waals surface area contributed by atoms with E-state index in [9.17, 15) is 0 Å². The number of anilines is 1. The van der Waals surface area contributed by atoms with Gasteiger partial charge in [-0.2, -0.15) is 0 Å². The predicted octanol–water partition coefficient (Wildman–Crippen LogP) is 3.43. The number of hydrogen-bond acceptors (Lipinski definition) is 3. The van der Waals surface area contributed by atoms with Gasteiger partial charge in [0.2, 0.25) is 0 Å². The van der Waals surface area contributed by atoms with Gasteiger partial charge in [-0.15, -0.1) is 0 Å². The van der Waals surface area contributed by atoms with Gasteiger partial charge in [0.25, 0.3) is 0 Å². The van der Waals surface area contributed by atoms with Crippen molar-refractivity contribution < 1.29 is 4.74 Å². The number of nitrogens with zero attached hydrogens (tertiary/aromatic N) is 1. The Kier molecular flexibility index (Phi) is 3.51. The highest BCUT2D eigenvalue weighted by Crippen LogP contribution is 2.27. The molecule has 0 amide bonds. The molecule has 0 aliphatic heterocycles. The van der Waals surface area contributed by atoms with Crippen LogP contribution < -0.4 is 10.5 Å². The maximum Gasteiger partial charge on any atom is 0.138 e. The van der Waals surface area contributed by atoms with Crippen molar-refractivity contribution >= 4 is 5.69 Å². The van der Waals surface area contributed by atoms with Crippen LogP contribution in [0.2, 0.25) is 0 Å². The highest BCUT2D eigenvalue weighted by atomic mass is 16.5. The van der Waals surface area contributed by atoms with Crippen LogP contribution in [0.5, 0.6) is 5.75 Å². The quantitative estimate of drug-likeness (QED) is 0.839. The zero-order valence-electron chi connectivity index (χ0n) is 11.0. The van der Waals surface area contributed by atoms with Crippen LogP contribution in [-0.2, 0) is 0 Å². The number of aromatic nitrogens is 1. The monoisotopic (exact) mass is 242 g/mol. The molecule has 0 aliphatic carbocycles. The summed E-state index contributed by atoms with van der Waals surface area (Å²) >= 11 is 0. The second-order valence-corrected chi connectivity index (χ2v) is 4.65. The Morgan fingerprint density at radius 1 is 1.17 bits per heavy atom. The molecule has 0 saturated heterocycles. The molecular formula is C15H18N2O. The number of hydrogen-bond donors (Lipinski definition) is 1. The van der Waals surface area contributed by atoms with Crippen molar-refractivity contribution in [3.8, 4) is 16.9 Å². The third-order valence-electron chi connectivity index (χ3n) is 2.66. The van der Waals surface area contributed by atoms with Gasteiger partial charge in [0.15, 0.2) is 0 Å². The van der Waals surface area contributed by atoms with Crippen LogP contribution in [0, 0.1) is 6.92 Å². The fourth-order valence-corrected chi connectivity index (χ4v) is 1.85. The van der Waals surface area contributed by atoms with Crippen LogP contribution in [0.25, 0.3) is 11.1 Å². The highest BCUT2D eigenvalue weighted by Gasteiger charge is 2.05. The van der Waals surface area contributed by atoms with Gasteiger partial charge < -0.3 is 10.5 Å². The van der Waals surface area contributed by atoms with Crippen molar-refractivity contribution in [3.63, 3.8) is 0 Å². The zero-order valence-corrected chi connectivity index (χ0v) is 11.0. The maximum atomic E-state index is 5.83. The molecule has 0 unspecified atom stereocenters. The molecule has 2 N–H and O–H groups in total. The molecule has 0 spiro atoms. The van der Waals surface area contributed by atoms with Crippen molar-refractivity contribution in [3.05, 3.63) is 42.2 Å². The normalized spacial score (nSPS) is 10.7. The molecule has 0 fully saturated rings. The fourth-order valence-electron chi connectivity index (χ4n) is 1.85. The maximum absolute atomic E-state index is 5.83. The number of benzene rings is 1. The summed E-state index contributed by atoms with van der Waals surface area (Å²) in [6, 6.07) is 7.88. The van der Waals surface area contributed by atoms with E-state index in [2.05, 4.69) is 11.9 Å². The lowest BCUT2D eigenvalue weighted by Gasteiger charge is -2.11. The smallest absolute Gasteiger partial charge is 0.138 e. The van der Waals surface area contributed by atoms with Gasteiger partial charge in [-0.05, 0) is 50.1 Å². The summed E-state index contributed by atoms with van der Waals surface area (Å²) in [5, 5.41) is 0. The van der Waals surface area contributed by atoms with Crippen molar-refractivity contribution in [2.24, 2.45) is 0 Å². The topological polar surface area (TPSA) is 48.1 Å². The van der Waals surface area contributed by atoms with Gasteiger partial charge in [-0.1, -0.05) is 6.07 Å². The van der Waals surface area contributed by atoms with Crippen LogP contribution in [0.4, 0.5) is 5.69 Å². The second-order valence-electron chi connectivity index (χ2n) is 4.65. The Labute approximate surface area is 108 Å². The molecule has 1 aromatic heterocycles. The van der Waals surface area contributed by atoms with Gasteiger partial charge in [0.1, 0.15) is 5.75 Å². The first-order valence-corrected chi connectivity index (χ1v) is 6.04. The van der Waals surface area contributed by atoms with Crippen molar-refractivity contribution in [1.82, 2.24) is 4.98 Å². The molecule has 0 bridgehead atoms. The van der Waals surface area contributed by atoms with Crippen molar-refractivity contribution in [1.29, 1.82) is 0 Å². The Morgan fingerprint density at radius 2 is 1.94 bits per heavy atom. The molecule has 2 aromatic rings. The van der Waals surface area contributed by atoms with Crippen LogP contribution in [0.15, 0.2) is 36.7 Å². The first-order valence-electron chi connectivity index (χ1n) is 6.04. The average molecular weight is 242 g/mol. The minimum atomic E-state index is 0.143. The number of nitrogen functional groups attached to an aromatic ring is 1. The molecule has 0 saturated carbocycles. The Morgan fingerprint density at radius 3 is 2.67 bits per heavy atom. The standard InChI is InChI=1S/C15H18N2O/c1-10(2)18-14-6-12(8-17-9-14)15-7-13(16)5-4-11(15)3/h4-10H,16H2,1-3H3. The predicted molar refractivity (Wildman–Crippen MR) is 74.6 cm³/mol. The van der Waals surface area contributed by atoms with Gasteiger partial charge in [-0.25, -0.2) is 0 Å². The summed E-state index contributed by atoms with van der Waals surface area (Å²) in [6.07, 6.45) is 3.70. The van der Waals surface area contributed by atoms with Gasteiger partial charge in [0, 0.05) is 17.4 Å². The molecule has 0 aliphatic rings. The third-order valence-corrected chi connectivity index (χ3v) is 2.66. The number of pyridine rings is 1. The Balaban J connectivity index is 2.41. The molecule has 3 nitrogen and oxygen atoms in total. The van der Waals surface area contributed by atoms with E-state index in [0.717, 1.165) is 22.6 Å². The number of aryl methyl sites for hydroxylation is 1. The third kappa shape index (κ3) is 2.80. The minimum absolute atomic E-state index is 0.143. The van der Waals surface area contributed by atoms with E-state index in [4.69, 9.17) is 10.5 Å². The van der Waals surface area contributed by atoms with Gasteiger partial charge in [-0.3, -0.25) is 4.98 Å². The first kappa shape index (κ1) is 12.4. The second kappa shape index (κ2) is 5.08. The van der Waals surface area contributed by atoms with E-state index in [1.807, 2.05) is 44.3 Å². The lowest BCUT2D eigenvalue weighted by atomic mass is 10.0. The van der Waals surface area contributed by atoms with E-state index in [-0.39, 0.29) is 6.10 Å². The molecule has 0 radical (unpaired) electrons. The van der Waals surface area contributed by atoms with E-state index in [0.29, 0.717) is 0 Å². The first-order chi connectivity index (χ1) is 8.56. The highest BCUT2D eigenvalue weighted by molar-refractivity contribution is 5.71. The molecular weight excluding hydrogens is 224 g/mol. The number of rotatable bonds is 3. The average Bonchev–Trinajstić information content (AvgIpc) is 2.32. The lowest BCUT2D eigenvalue weighted by Crippen LogP contribution is -2.05. The zero-order chi connectivity index (χ0) is 13.1. The van der Waals surface area contributed by atoms with E-state index in [1.54, 1.807) is 6.20 Å². The summed E-state index contributed by atoms with van der Waals surface area (Å²) in [5.41, 5.74) is 9.88. The summed E-state index contributed by atoms with van der Waals surface area (Å²) in [5.74, 6) is 0.782. The van der Waals surface area contributed by atoms with E-state index < -0.39 is 0 Å². The Bertz CT molecular complexity index is 550. The summed E-state index contributed by atoms with van der Waals surface area (Å²) < 4.78 is 5.65. The number of ether oxygens (including phenoxy) is 1. The molecule has 94 valence electrons. The van der Waals surface area contributed by atoms with E-state index in [1.165, 1.54) is 5.56 Å². The van der Waals surface area contributed by atoms with Gasteiger partial charge in [0.05, 0.1) is 12.3 Å². The summed E-state index contributed by atoms with van der Waals surface area (Å²) in [7, 11) is 0. The van der Waals surface area contributed by atoms with Crippen molar-refractivity contribution in [2.45, 2.75) is 26.9 Å². The molecule has 2 rings (SSSR count). The SMILES string of the molecule is Cc1ccc(N)cc1-c1cncc(OC(C)C)c1. The van der Waals surface area contributed by atoms with Crippen LogP contribution in [0.1, 0.15) is 19.4 Å². The van der Waals surface area contributed by atoms with E-state index >= 15 is 0 Å². The largest absolute Gasteiger partial charge is 0.489 e. The van der Waals surface area contributed by atoms with Gasteiger partial charge >= 0.3 is 0 Å². The fraction of sp³-hybridized carbons (Fsp3) is 0.267. The molecule has 1 aromatic carbocycles. The molecule has 18 heavy (non-hydrogen) atoms. The Hall–Kier alpha value is -2.03. The molecule has 3 heteroatoms. The van der Waals surface area contributed by atoms with Crippen LogP contribution >= 0.6 is 0 Å². The number of nitrogens with two attached hydrogens (primary N) is 1. The van der Waals surface area contributed by atoms with Crippen LogP contribution in [0.3, 0.4) is 0 Å². The summed E-state index contributed by atoms with van der Waals surface area (Å²) in [4.78, 5) is 4.22.